The number of nitrogens with one attached hydrogen (secondary N) is 1. The molecule has 0 aromatic carbocycles. The van der Waals surface area contributed by atoms with Gasteiger partial charge in [-0.3, -0.25) is 0 Å². The third-order valence-electron chi connectivity index (χ3n) is 3.05. The summed E-state index contributed by atoms with van der Waals surface area (Å²) >= 11 is 2.04. The maximum absolute atomic E-state index is 4.58. The first-order valence-electron chi connectivity index (χ1n) is 6.31. The Morgan fingerprint density at radius 1 is 1.53 bits per heavy atom. The number of rotatable bonds is 4. The van der Waals surface area contributed by atoms with Crippen LogP contribution in [0.3, 0.4) is 0 Å². The lowest BCUT2D eigenvalue weighted by atomic mass is 10.2. The molecule has 3 nitrogen and oxygen atoms in total. The Kier molecular flexibility index (Phi) is 4.68. The smallest absolute Gasteiger partial charge is 0.128 e. The Bertz CT molecular complexity index is 339. The number of nitrogens with zero attached hydrogens (tertiary/aromatic N) is 2. The van der Waals surface area contributed by atoms with Crippen LogP contribution in [0.25, 0.3) is 0 Å². The Morgan fingerprint density at radius 3 is 3.06 bits per heavy atom. The molecule has 1 unspecified atom stereocenters. The Morgan fingerprint density at radius 2 is 2.41 bits per heavy atom. The van der Waals surface area contributed by atoms with Gasteiger partial charge >= 0.3 is 0 Å². The van der Waals surface area contributed by atoms with E-state index in [1.807, 2.05) is 18.0 Å². The van der Waals surface area contributed by atoms with E-state index in [0.717, 1.165) is 25.5 Å². The molecule has 1 aromatic rings. The fourth-order valence-electron chi connectivity index (χ4n) is 2.03. The predicted molar refractivity (Wildman–Crippen MR) is 75.8 cm³/mol. The zero-order valence-corrected chi connectivity index (χ0v) is 11.5. The van der Waals surface area contributed by atoms with E-state index in [1.54, 1.807) is 0 Å². The molecule has 0 spiro atoms. The Hall–Kier alpha value is -0.740. The molecule has 1 saturated heterocycles. The highest BCUT2D eigenvalue weighted by molar-refractivity contribution is 7.99. The molecule has 0 amide bonds. The summed E-state index contributed by atoms with van der Waals surface area (Å²) in [5.74, 6) is 3.55. The number of anilines is 1. The third-order valence-corrected chi connectivity index (χ3v) is 4.24. The quantitative estimate of drug-likeness (QED) is 0.887. The van der Waals surface area contributed by atoms with Crippen LogP contribution in [0, 0.1) is 0 Å². The van der Waals surface area contributed by atoms with Gasteiger partial charge in [0.1, 0.15) is 5.82 Å². The van der Waals surface area contributed by atoms with Crippen molar-refractivity contribution in [2.45, 2.75) is 26.4 Å². The van der Waals surface area contributed by atoms with Crippen LogP contribution in [0.1, 0.15) is 19.4 Å². The third kappa shape index (κ3) is 3.36. The molecular formula is C13H21N3S. The summed E-state index contributed by atoms with van der Waals surface area (Å²) in [5.41, 5.74) is 1.26. The maximum atomic E-state index is 4.58. The van der Waals surface area contributed by atoms with Gasteiger partial charge in [-0.25, -0.2) is 4.98 Å². The topological polar surface area (TPSA) is 28.2 Å². The van der Waals surface area contributed by atoms with E-state index in [2.05, 4.69) is 41.2 Å². The maximum Gasteiger partial charge on any atom is 0.128 e. The van der Waals surface area contributed by atoms with Gasteiger partial charge in [0.25, 0.3) is 0 Å². The Balaban J connectivity index is 2.01. The zero-order chi connectivity index (χ0) is 12.1. The van der Waals surface area contributed by atoms with Crippen LogP contribution in [0.5, 0.6) is 0 Å². The van der Waals surface area contributed by atoms with Crippen LogP contribution in [0.2, 0.25) is 0 Å². The largest absolute Gasteiger partial charge is 0.352 e. The molecule has 0 bridgehead atoms. The normalized spacial score (nSPS) is 20.6. The number of hydrogen-bond acceptors (Lipinski definition) is 4. The monoisotopic (exact) mass is 251 g/mol. The first-order chi connectivity index (χ1) is 8.31. The van der Waals surface area contributed by atoms with Crippen molar-refractivity contribution in [3.8, 4) is 0 Å². The highest BCUT2D eigenvalue weighted by Crippen LogP contribution is 2.22. The van der Waals surface area contributed by atoms with Crippen molar-refractivity contribution < 1.29 is 0 Å². The van der Waals surface area contributed by atoms with Crippen LogP contribution < -0.4 is 10.2 Å². The second-order valence-corrected chi connectivity index (χ2v) is 5.57. The van der Waals surface area contributed by atoms with E-state index in [-0.39, 0.29) is 0 Å². The molecule has 2 rings (SSSR count). The summed E-state index contributed by atoms with van der Waals surface area (Å²) in [7, 11) is 0. The van der Waals surface area contributed by atoms with E-state index in [9.17, 15) is 0 Å². The molecule has 1 aliphatic rings. The van der Waals surface area contributed by atoms with Gasteiger partial charge in [-0.2, -0.15) is 11.8 Å². The van der Waals surface area contributed by atoms with Crippen LogP contribution in [-0.4, -0.2) is 35.6 Å². The lowest BCUT2D eigenvalue weighted by molar-refractivity contribution is 0.686. The zero-order valence-electron chi connectivity index (χ0n) is 10.6. The Labute approximate surface area is 108 Å². The highest BCUT2D eigenvalue weighted by atomic mass is 32.2. The van der Waals surface area contributed by atoms with Crippen LogP contribution in [0.4, 0.5) is 5.82 Å². The average molecular weight is 251 g/mol. The van der Waals surface area contributed by atoms with Crippen LogP contribution >= 0.6 is 11.8 Å². The van der Waals surface area contributed by atoms with Gasteiger partial charge in [-0.05, 0) is 25.1 Å². The van der Waals surface area contributed by atoms with Crippen molar-refractivity contribution in [1.82, 2.24) is 10.3 Å². The first-order valence-corrected chi connectivity index (χ1v) is 7.46. The standard InChI is InChI=1S/C13H21N3S/c1-3-14-8-12-4-5-13(15-9-12)16-6-7-17-10-11(16)2/h4-5,9,11,14H,3,6-8,10H2,1-2H3. The summed E-state index contributed by atoms with van der Waals surface area (Å²) in [6.45, 7) is 7.43. The summed E-state index contributed by atoms with van der Waals surface area (Å²) in [5, 5.41) is 3.32. The van der Waals surface area contributed by atoms with Crippen molar-refractivity contribution in [3.05, 3.63) is 23.9 Å². The second-order valence-electron chi connectivity index (χ2n) is 4.42. The van der Waals surface area contributed by atoms with Gasteiger partial charge in [-0.1, -0.05) is 13.0 Å². The van der Waals surface area contributed by atoms with Crippen LogP contribution in [-0.2, 0) is 6.54 Å². The second kappa shape index (κ2) is 6.26. The number of aromatic nitrogens is 1. The molecule has 0 radical (unpaired) electrons. The SMILES string of the molecule is CCNCc1ccc(N2CCSCC2C)nc1. The van der Waals surface area contributed by atoms with Crippen LogP contribution in [0.15, 0.2) is 18.3 Å². The predicted octanol–water partition coefficient (Wildman–Crippen LogP) is 2.13. The number of hydrogen-bond donors (Lipinski definition) is 1. The van der Waals surface area contributed by atoms with Crippen molar-refractivity contribution >= 4 is 17.6 Å². The van der Waals surface area contributed by atoms with Gasteiger partial charge in [0, 0.05) is 36.8 Å². The number of pyridine rings is 1. The van der Waals surface area contributed by atoms with Crippen molar-refractivity contribution in [2.24, 2.45) is 0 Å². The molecule has 1 N–H and O–H groups in total. The van der Waals surface area contributed by atoms with E-state index < -0.39 is 0 Å². The van der Waals surface area contributed by atoms with E-state index in [4.69, 9.17) is 0 Å². The van der Waals surface area contributed by atoms with E-state index in [1.165, 1.54) is 17.1 Å². The summed E-state index contributed by atoms with van der Waals surface area (Å²) in [6, 6.07) is 4.93. The molecule has 1 aromatic heterocycles. The molecule has 0 saturated carbocycles. The van der Waals surface area contributed by atoms with Gasteiger partial charge in [-0.15, -0.1) is 0 Å². The van der Waals surface area contributed by atoms with Gasteiger partial charge in [0.2, 0.25) is 0 Å². The lowest BCUT2D eigenvalue weighted by Gasteiger charge is -2.34. The first kappa shape index (κ1) is 12.7. The van der Waals surface area contributed by atoms with E-state index in [0.29, 0.717) is 6.04 Å². The minimum Gasteiger partial charge on any atom is -0.352 e. The molecule has 94 valence electrons. The van der Waals surface area contributed by atoms with E-state index >= 15 is 0 Å². The van der Waals surface area contributed by atoms with Crippen molar-refractivity contribution in [2.75, 3.05) is 29.5 Å². The minimum absolute atomic E-state index is 0.598. The molecule has 0 aliphatic carbocycles. The van der Waals surface area contributed by atoms with Crippen molar-refractivity contribution in [3.63, 3.8) is 0 Å². The fraction of sp³-hybridized carbons (Fsp3) is 0.615. The summed E-state index contributed by atoms with van der Waals surface area (Å²) in [6.07, 6.45) is 1.99. The lowest BCUT2D eigenvalue weighted by Crippen LogP contribution is -2.40. The molecule has 1 aliphatic heterocycles. The van der Waals surface area contributed by atoms with Crippen molar-refractivity contribution in [1.29, 1.82) is 0 Å². The summed E-state index contributed by atoms with van der Waals surface area (Å²) in [4.78, 5) is 6.99. The molecule has 1 atom stereocenters. The van der Waals surface area contributed by atoms with Gasteiger partial charge < -0.3 is 10.2 Å². The molecular weight excluding hydrogens is 230 g/mol. The number of thioether (sulfide) groups is 1. The molecule has 17 heavy (non-hydrogen) atoms. The highest BCUT2D eigenvalue weighted by Gasteiger charge is 2.19. The molecule has 2 heterocycles. The summed E-state index contributed by atoms with van der Waals surface area (Å²) < 4.78 is 0. The van der Waals surface area contributed by atoms with Gasteiger partial charge in [0.15, 0.2) is 0 Å². The average Bonchev–Trinajstić information content (AvgIpc) is 2.38. The van der Waals surface area contributed by atoms with Gasteiger partial charge in [0.05, 0.1) is 0 Å². The fourth-order valence-corrected chi connectivity index (χ4v) is 3.04. The molecule has 4 heteroatoms. The molecule has 1 fully saturated rings. The minimum atomic E-state index is 0.598.